The van der Waals surface area contributed by atoms with Gasteiger partial charge < -0.3 is 0 Å². The summed E-state index contributed by atoms with van der Waals surface area (Å²) >= 11 is 1.46. The van der Waals surface area contributed by atoms with Crippen LogP contribution in [0.1, 0.15) is 21.5 Å². The number of anilines is 1. The third-order valence-corrected chi connectivity index (χ3v) is 4.89. The highest BCUT2D eigenvalue weighted by Crippen LogP contribution is 2.28. The summed E-state index contributed by atoms with van der Waals surface area (Å²) < 4.78 is 14.7. The summed E-state index contributed by atoms with van der Waals surface area (Å²) in [6, 6.07) is 11.6. The van der Waals surface area contributed by atoms with Crippen LogP contribution in [0, 0.1) is 19.7 Å². The molecular weight excluding hydrogens is 351 g/mol. The predicted molar refractivity (Wildman–Crippen MR) is 100 cm³/mol. The molecule has 26 heavy (non-hydrogen) atoms. The molecule has 7 heteroatoms. The lowest BCUT2D eigenvalue weighted by molar-refractivity contribution is 0.102. The van der Waals surface area contributed by atoms with Crippen molar-refractivity contribution in [1.82, 2.24) is 14.6 Å². The monoisotopic (exact) mass is 366 g/mol. The molecule has 0 unspecified atom stereocenters. The number of halogens is 1. The zero-order valence-corrected chi connectivity index (χ0v) is 15.0. The second-order valence-electron chi connectivity index (χ2n) is 6.03. The smallest absolute Gasteiger partial charge is 0.258 e. The maximum absolute atomic E-state index is 13.0. The lowest BCUT2D eigenvalue weighted by Crippen LogP contribution is -2.13. The van der Waals surface area contributed by atoms with Crippen molar-refractivity contribution < 1.29 is 9.18 Å². The summed E-state index contributed by atoms with van der Waals surface area (Å²) in [6.45, 7) is 4.11. The Morgan fingerprint density at radius 3 is 2.65 bits per heavy atom. The Balaban J connectivity index is 1.65. The molecule has 2 heterocycles. The van der Waals surface area contributed by atoms with Crippen LogP contribution >= 0.6 is 11.3 Å². The minimum absolute atomic E-state index is 0.220. The van der Waals surface area contributed by atoms with Crippen molar-refractivity contribution >= 4 is 28.2 Å². The van der Waals surface area contributed by atoms with Gasteiger partial charge >= 0.3 is 0 Å². The van der Waals surface area contributed by atoms with E-state index in [1.54, 1.807) is 4.52 Å². The van der Waals surface area contributed by atoms with Gasteiger partial charge in [-0.25, -0.2) is 8.91 Å². The first-order valence-electron chi connectivity index (χ1n) is 8.00. The summed E-state index contributed by atoms with van der Waals surface area (Å²) in [7, 11) is 0. The fourth-order valence-electron chi connectivity index (χ4n) is 2.80. The van der Waals surface area contributed by atoms with Crippen molar-refractivity contribution in [3.63, 3.8) is 0 Å². The van der Waals surface area contributed by atoms with E-state index in [-0.39, 0.29) is 17.7 Å². The first kappa shape index (κ1) is 16.4. The van der Waals surface area contributed by atoms with Crippen molar-refractivity contribution in [2.24, 2.45) is 0 Å². The minimum Gasteiger partial charge on any atom is -0.289 e. The Morgan fingerprint density at radius 2 is 1.92 bits per heavy atom. The summed E-state index contributed by atoms with van der Waals surface area (Å²) in [5, 5.41) is 9.06. The molecule has 0 aliphatic carbocycles. The zero-order chi connectivity index (χ0) is 18.3. The average molecular weight is 366 g/mol. The van der Waals surface area contributed by atoms with E-state index in [9.17, 15) is 9.18 Å². The number of hydrogen-bond donors (Lipinski definition) is 1. The minimum atomic E-state index is -0.389. The van der Waals surface area contributed by atoms with Crippen LogP contribution in [0.15, 0.2) is 47.8 Å². The normalized spacial score (nSPS) is 11.0. The average Bonchev–Trinajstić information content (AvgIpc) is 3.16. The van der Waals surface area contributed by atoms with Gasteiger partial charge in [0, 0.05) is 16.5 Å². The number of amides is 1. The van der Waals surface area contributed by atoms with Gasteiger partial charge in [0.05, 0.1) is 5.69 Å². The SMILES string of the molecule is Cc1ccc(-c2csc3nc(NC(=O)c4ccc(F)cc4)nn23)c(C)c1. The first-order chi connectivity index (χ1) is 12.5. The molecule has 0 radical (unpaired) electrons. The number of carbonyl (C=O) groups is 1. The molecule has 0 spiro atoms. The summed E-state index contributed by atoms with van der Waals surface area (Å²) in [5.74, 6) is -0.547. The van der Waals surface area contributed by atoms with E-state index in [1.165, 1.54) is 41.2 Å². The number of rotatable bonds is 3. The van der Waals surface area contributed by atoms with Crippen LogP contribution < -0.4 is 5.32 Å². The third-order valence-electron chi connectivity index (χ3n) is 4.07. The van der Waals surface area contributed by atoms with Crippen LogP contribution in [0.3, 0.4) is 0 Å². The highest BCUT2D eigenvalue weighted by atomic mass is 32.1. The van der Waals surface area contributed by atoms with Crippen molar-refractivity contribution in [3.8, 4) is 11.3 Å². The molecule has 5 nitrogen and oxygen atoms in total. The van der Waals surface area contributed by atoms with Crippen molar-refractivity contribution in [2.75, 3.05) is 5.32 Å². The Kier molecular flexibility index (Phi) is 4.00. The van der Waals surface area contributed by atoms with Gasteiger partial charge in [-0.1, -0.05) is 23.8 Å². The number of benzene rings is 2. The summed E-state index contributed by atoms with van der Waals surface area (Å²) in [5.41, 5.74) is 4.69. The van der Waals surface area contributed by atoms with Gasteiger partial charge in [-0.2, -0.15) is 4.98 Å². The van der Waals surface area contributed by atoms with Crippen LogP contribution in [0.5, 0.6) is 0 Å². The molecule has 2 aromatic heterocycles. The maximum atomic E-state index is 13.0. The van der Waals surface area contributed by atoms with E-state index < -0.39 is 0 Å². The van der Waals surface area contributed by atoms with E-state index >= 15 is 0 Å². The zero-order valence-electron chi connectivity index (χ0n) is 14.2. The number of aryl methyl sites for hydroxylation is 2. The predicted octanol–water partition coefficient (Wildman–Crippen LogP) is 4.47. The quantitative estimate of drug-likeness (QED) is 0.582. The Hall–Kier alpha value is -3.06. The molecule has 4 aromatic rings. The number of thiazole rings is 1. The Bertz CT molecular complexity index is 1110. The molecule has 130 valence electrons. The number of aromatic nitrogens is 3. The van der Waals surface area contributed by atoms with Crippen molar-refractivity contribution in [2.45, 2.75) is 13.8 Å². The molecule has 0 saturated heterocycles. The van der Waals surface area contributed by atoms with Crippen LogP contribution in [-0.2, 0) is 0 Å². The molecule has 2 aromatic carbocycles. The van der Waals surface area contributed by atoms with Gasteiger partial charge in [-0.05, 0) is 43.7 Å². The molecule has 0 aliphatic rings. The van der Waals surface area contributed by atoms with Crippen LogP contribution in [-0.4, -0.2) is 20.5 Å². The van der Waals surface area contributed by atoms with Crippen LogP contribution in [0.2, 0.25) is 0 Å². The van der Waals surface area contributed by atoms with Gasteiger partial charge in [0.25, 0.3) is 11.9 Å². The fraction of sp³-hybridized carbons (Fsp3) is 0.105. The molecule has 0 fully saturated rings. The van der Waals surface area contributed by atoms with Gasteiger partial charge in [-0.15, -0.1) is 16.4 Å². The second-order valence-corrected chi connectivity index (χ2v) is 6.87. The molecule has 0 aliphatic heterocycles. The number of nitrogens with one attached hydrogen (secondary N) is 1. The molecule has 0 atom stereocenters. The Labute approximate surface area is 153 Å². The fourth-order valence-corrected chi connectivity index (χ4v) is 3.62. The van der Waals surface area contributed by atoms with E-state index in [0.29, 0.717) is 10.5 Å². The van der Waals surface area contributed by atoms with E-state index in [2.05, 4.69) is 47.4 Å². The van der Waals surface area contributed by atoms with Gasteiger partial charge in [-0.3, -0.25) is 10.1 Å². The lowest BCUT2D eigenvalue weighted by atomic mass is 10.0. The number of fused-ring (bicyclic) bond motifs is 1. The molecular formula is C19H15FN4OS. The van der Waals surface area contributed by atoms with Crippen molar-refractivity contribution in [1.29, 1.82) is 0 Å². The molecule has 4 rings (SSSR count). The lowest BCUT2D eigenvalue weighted by Gasteiger charge is -2.05. The topological polar surface area (TPSA) is 59.3 Å². The van der Waals surface area contributed by atoms with Crippen LogP contribution in [0.4, 0.5) is 10.3 Å². The highest BCUT2D eigenvalue weighted by molar-refractivity contribution is 7.15. The first-order valence-corrected chi connectivity index (χ1v) is 8.88. The molecule has 1 N–H and O–H groups in total. The van der Waals surface area contributed by atoms with Gasteiger partial charge in [0.15, 0.2) is 0 Å². The van der Waals surface area contributed by atoms with Crippen molar-refractivity contribution in [3.05, 3.63) is 70.4 Å². The summed E-state index contributed by atoms with van der Waals surface area (Å²) in [4.78, 5) is 17.3. The summed E-state index contributed by atoms with van der Waals surface area (Å²) in [6.07, 6.45) is 0. The number of carbonyl (C=O) groups excluding carboxylic acids is 1. The van der Waals surface area contributed by atoms with Crippen LogP contribution in [0.25, 0.3) is 16.2 Å². The largest absolute Gasteiger partial charge is 0.289 e. The highest BCUT2D eigenvalue weighted by Gasteiger charge is 2.15. The van der Waals surface area contributed by atoms with E-state index in [0.717, 1.165) is 16.8 Å². The van der Waals surface area contributed by atoms with Gasteiger partial charge in [0.2, 0.25) is 4.96 Å². The second kappa shape index (κ2) is 6.34. The van der Waals surface area contributed by atoms with Gasteiger partial charge in [0.1, 0.15) is 5.82 Å². The number of nitrogens with zero attached hydrogens (tertiary/aromatic N) is 3. The standard InChI is InChI=1S/C19H15FN4OS/c1-11-3-8-15(12(2)9-11)16-10-26-19-22-18(23-24(16)19)21-17(25)13-4-6-14(20)7-5-13/h3-10H,1-2H3,(H,21,23,25). The molecule has 0 saturated carbocycles. The Morgan fingerprint density at radius 1 is 1.15 bits per heavy atom. The molecule has 1 amide bonds. The third kappa shape index (κ3) is 2.97. The molecule has 0 bridgehead atoms. The number of hydrogen-bond acceptors (Lipinski definition) is 4. The van der Waals surface area contributed by atoms with E-state index in [4.69, 9.17) is 0 Å². The van der Waals surface area contributed by atoms with E-state index in [1.807, 2.05) is 5.38 Å². The maximum Gasteiger partial charge on any atom is 0.258 e.